The van der Waals surface area contributed by atoms with E-state index in [-0.39, 0.29) is 0 Å². The molecule has 4 nitrogen and oxygen atoms in total. The Hall–Kier alpha value is -1.36. The Morgan fingerprint density at radius 1 is 1.29 bits per heavy atom. The predicted molar refractivity (Wildman–Crippen MR) is 58.6 cm³/mol. The number of nitrogens with zero attached hydrogens (tertiary/aromatic N) is 3. The lowest BCUT2D eigenvalue weighted by Crippen LogP contribution is -1.94. The zero-order valence-corrected chi connectivity index (χ0v) is 9.19. The fraction of sp³-hybridized carbons (Fsp3) is 0.111. The molecule has 0 spiro atoms. The minimum absolute atomic E-state index is 0.590. The number of anilines is 1. The van der Waals surface area contributed by atoms with Gasteiger partial charge in [-0.2, -0.15) is 0 Å². The summed E-state index contributed by atoms with van der Waals surface area (Å²) >= 11 is 3.23. The van der Waals surface area contributed by atoms with Crippen molar-refractivity contribution in [3.05, 3.63) is 29.0 Å². The van der Waals surface area contributed by atoms with Crippen molar-refractivity contribution in [3.8, 4) is 11.4 Å². The third-order valence-electron chi connectivity index (χ3n) is 1.91. The molecule has 2 N–H and O–H groups in total. The summed E-state index contributed by atoms with van der Waals surface area (Å²) in [6.07, 6.45) is 0. The van der Waals surface area contributed by atoms with E-state index in [1.807, 2.05) is 31.3 Å². The number of halogens is 1. The molecule has 0 saturated heterocycles. The summed E-state index contributed by atoms with van der Waals surface area (Å²) < 4.78 is 2.31. The van der Waals surface area contributed by atoms with E-state index >= 15 is 0 Å². The highest BCUT2D eigenvalue weighted by molar-refractivity contribution is 9.10. The highest BCUT2D eigenvalue weighted by Gasteiger charge is 2.06. The molecule has 0 fully saturated rings. The zero-order valence-electron chi connectivity index (χ0n) is 7.61. The topological polar surface area (TPSA) is 56.7 Å². The molecule has 0 saturated carbocycles. The molecule has 0 bridgehead atoms. The maximum absolute atomic E-state index is 5.60. The number of nitrogen functional groups attached to an aromatic ring is 1. The molecule has 14 heavy (non-hydrogen) atoms. The van der Waals surface area contributed by atoms with Gasteiger partial charge >= 0.3 is 0 Å². The number of nitrogens with two attached hydrogens (primary N) is 1. The van der Waals surface area contributed by atoms with Crippen LogP contribution in [0.2, 0.25) is 0 Å². The Morgan fingerprint density at radius 3 is 2.43 bits per heavy atom. The Bertz CT molecular complexity index is 446. The van der Waals surface area contributed by atoms with Crippen LogP contribution in [0.25, 0.3) is 11.4 Å². The largest absolute Gasteiger partial charge is 0.399 e. The van der Waals surface area contributed by atoms with Gasteiger partial charge in [-0.25, -0.2) is 9.67 Å². The molecular weight excluding hydrogens is 244 g/mol. The number of rotatable bonds is 1. The molecule has 5 heteroatoms. The predicted octanol–water partition coefficient (Wildman–Crippen LogP) is 1.83. The molecule has 2 aromatic rings. The van der Waals surface area contributed by atoms with Gasteiger partial charge in [0.05, 0.1) is 0 Å². The minimum atomic E-state index is 0.590. The molecule has 0 aliphatic rings. The number of benzene rings is 1. The van der Waals surface area contributed by atoms with Gasteiger partial charge in [0.2, 0.25) is 4.73 Å². The Labute approximate surface area is 89.9 Å². The Morgan fingerprint density at radius 2 is 1.93 bits per heavy atom. The summed E-state index contributed by atoms with van der Waals surface area (Å²) in [5, 5.41) is 4.10. The van der Waals surface area contributed by atoms with E-state index in [0.29, 0.717) is 4.73 Å². The van der Waals surface area contributed by atoms with Crippen LogP contribution in [0.1, 0.15) is 0 Å². The minimum Gasteiger partial charge on any atom is -0.399 e. The molecule has 2 rings (SSSR count). The third kappa shape index (κ3) is 1.63. The van der Waals surface area contributed by atoms with E-state index in [9.17, 15) is 0 Å². The second kappa shape index (κ2) is 3.42. The number of hydrogen-bond donors (Lipinski definition) is 1. The van der Waals surface area contributed by atoms with Crippen molar-refractivity contribution in [1.29, 1.82) is 0 Å². The lowest BCUT2D eigenvalue weighted by Gasteiger charge is -1.99. The fourth-order valence-electron chi connectivity index (χ4n) is 1.24. The second-order valence-corrected chi connectivity index (χ2v) is 3.66. The van der Waals surface area contributed by atoms with E-state index < -0.39 is 0 Å². The Kier molecular flexibility index (Phi) is 2.25. The zero-order chi connectivity index (χ0) is 10.1. The van der Waals surface area contributed by atoms with Crippen LogP contribution in [-0.2, 0) is 7.05 Å². The Balaban J connectivity index is 2.49. The van der Waals surface area contributed by atoms with E-state index in [1.54, 1.807) is 4.68 Å². The monoisotopic (exact) mass is 252 g/mol. The van der Waals surface area contributed by atoms with E-state index in [1.165, 1.54) is 0 Å². The van der Waals surface area contributed by atoms with Crippen molar-refractivity contribution in [3.63, 3.8) is 0 Å². The summed E-state index contributed by atoms with van der Waals surface area (Å²) in [4.78, 5) is 4.24. The van der Waals surface area contributed by atoms with Crippen LogP contribution in [-0.4, -0.2) is 14.8 Å². The number of aryl methyl sites for hydroxylation is 1. The van der Waals surface area contributed by atoms with Gasteiger partial charge < -0.3 is 5.73 Å². The molecule has 0 aliphatic heterocycles. The summed E-state index contributed by atoms with van der Waals surface area (Å²) in [6, 6.07) is 7.54. The first-order valence-electron chi connectivity index (χ1n) is 4.09. The second-order valence-electron chi connectivity index (χ2n) is 2.95. The first kappa shape index (κ1) is 9.21. The average Bonchev–Trinajstić information content (AvgIpc) is 2.47. The molecule has 1 heterocycles. The van der Waals surface area contributed by atoms with Crippen LogP contribution < -0.4 is 5.73 Å². The van der Waals surface area contributed by atoms with Gasteiger partial charge in [-0.1, -0.05) is 0 Å². The van der Waals surface area contributed by atoms with Crippen molar-refractivity contribution in [2.45, 2.75) is 0 Å². The normalized spacial score (nSPS) is 10.4. The van der Waals surface area contributed by atoms with E-state index in [2.05, 4.69) is 26.0 Å². The smallest absolute Gasteiger partial charge is 0.217 e. The maximum Gasteiger partial charge on any atom is 0.217 e. The average molecular weight is 253 g/mol. The molecule has 1 aromatic heterocycles. The standard InChI is InChI=1S/C9H9BrN4/c1-14-8(12-9(10)13-14)6-2-4-7(11)5-3-6/h2-5H,11H2,1H3. The van der Waals surface area contributed by atoms with Crippen molar-refractivity contribution < 1.29 is 0 Å². The summed E-state index contributed by atoms with van der Waals surface area (Å²) in [5.74, 6) is 0.817. The van der Waals surface area contributed by atoms with Crippen molar-refractivity contribution in [1.82, 2.24) is 14.8 Å². The number of hydrogen-bond acceptors (Lipinski definition) is 3. The highest BCUT2D eigenvalue weighted by atomic mass is 79.9. The van der Waals surface area contributed by atoms with Crippen LogP contribution >= 0.6 is 15.9 Å². The quantitative estimate of drug-likeness (QED) is 0.789. The van der Waals surface area contributed by atoms with Crippen LogP contribution in [0, 0.1) is 0 Å². The lowest BCUT2D eigenvalue weighted by molar-refractivity contribution is 0.768. The van der Waals surface area contributed by atoms with Gasteiger partial charge in [0.25, 0.3) is 0 Å². The summed E-state index contributed by atoms with van der Waals surface area (Å²) in [7, 11) is 1.85. The number of aromatic nitrogens is 3. The van der Waals surface area contributed by atoms with Crippen molar-refractivity contribution >= 4 is 21.6 Å². The fourth-order valence-corrected chi connectivity index (χ4v) is 1.64. The molecule has 0 radical (unpaired) electrons. The van der Waals surface area contributed by atoms with Gasteiger partial charge in [0.1, 0.15) is 0 Å². The molecule has 0 aliphatic carbocycles. The lowest BCUT2D eigenvalue weighted by atomic mass is 10.2. The van der Waals surface area contributed by atoms with Crippen molar-refractivity contribution in [2.24, 2.45) is 7.05 Å². The van der Waals surface area contributed by atoms with Crippen LogP contribution in [0.4, 0.5) is 5.69 Å². The summed E-state index contributed by atoms with van der Waals surface area (Å²) in [5.41, 5.74) is 7.34. The molecule has 0 amide bonds. The van der Waals surface area contributed by atoms with E-state index in [4.69, 9.17) is 5.73 Å². The van der Waals surface area contributed by atoms with Gasteiger partial charge in [0.15, 0.2) is 5.82 Å². The summed E-state index contributed by atoms with van der Waals surface area (Å²) in [6.45, 7) is 0. The van der Waals surface area contributed by atoms with Crippen LogP contribution in [0.3, 0.4) is 0 Å². The molecule has 0 atom stereocenters. The van der Waals surface area contributed by atoms with Gasteiger partial charge in [-0.3, -0.25) is 0 Å². The van der Waals surface area contributed by atoms with Gasteiger partial charge in [0, 0.05) is 18.3 Å². The van der Waals surface area contributed by atoms with Crippen LogP contribution in [0.15, 0.2) is 29.0 Å². The molecule has 72 valence electrons. The molecule has 0 unspecified atom stereocenters. The molecular formula is C9H9BrN4. The molecule has 1 aromatic carbocycles. The van der Waals surface area contributed by atoms with Gasteiger partial charge in [-0.15, -0.1) is 5.10 Å². The SMILES string of the molecule is Cn1nc(Br)nc1-c1ccc(N)cc1. The van der Waals surface area contributed by atoms with E-state index in [0.717, 1.165) is 17.1 Å². The third-order valence-corrected chi connectivity index (χ3v) is 2.24. The maximum atomic E-state index is 5.60. The van der Waals surface area contributed by atoms with Crippen LogP contribution in [0.5, 0.6) is 0 Å². The first-order valence-corrected chi connectivity index (χ1v) is 4.88. The highest BCUT2D eigenvalue weighted by Crippen LogP contribution is 2.19. The van der Waals surface area contributed by atoms with Gasteiger partial charge in [-0.05, 0) is 40.2 Å². The first-order chi connectivity index (χ1) is 6.66. The van der Waals surface area contributed by atoms with Crippen molar-refractivity contribution in [2.75, 3.05) is 5.73 Å².